The molecule has 0 aliphatic heterocycles. The summed E-state index contributed by atoms with van der Waals surface area (Å²) in [6.45, 7) is 5.65. The molecular formula is C13H17BrN2O2. The highest BCUT2D eigenvalue weighted by Crippen LogP contribution is 2.17. The lowest BCUT2D eigenvalue weighted by molar-refractivity contribution is -0.127. The van der Waals surface area contributed by atoms with Crippen LogP contribution in [-0.4, -0.2) is 18.2 Å². The second-order valence-corrected chi connectivity index (χ2v) is 5.13. The van der Waals surface area contributed by atoms with E-state index in [1.165, 1.54) is 0 Å². The number of benzene rings is 1. The van der Waals surface area contributed by atoms with Gasteiger partial charge in [-0.15, -0.1) is 0 Å². The monoisotopic (exact) mass is 312 g/mol. The van der Waals surface area contributed by atoms with E-state index in [-0.39, 0.29) is 5.91 Å². The quantitative estimate of drug-likeness (QED) is 0.671. The van der Waals surface area contributed by atoms with E-state index in [9.17, 15) is 4.79 Å². The molecule has 1 atom stereocenters. The lowest BCUT2D eigenvalue weighted by atomic mass is 10.3. The van der Waals surface area contributed by atoms with Crippen molar-refractivity contribution in [2.75, 3.05) is 0 Å². The molecule has 0 radical (unpaired) electrons. The number of hydrogen-bond donors (Lipinski definition) is 1. The summed E-state index contributed by atoms with van der Waals surface area (Å²) in [6.07, 6.45) is 1.08. The zero-order valence-electron chi connectivity index (χ0n) is 10.7. The SMILES string of the molecule is CC(C)/C=N/NC(=O)C(C)Oc1ccc(Br)cc1. The van der Waals surface area contributed by atoms with Crippen molar-refractivity contribution in [3.63, 3.8) is 0 Å². The van der Waals surface area contributed by atoms with Crippen LogP contribution in [0.2, 0.25) is 0 Å². The van der Waals surface area contributed by atoms with Crippen LogP contribution in [0.1, 0.15) is 20.8 Å². The summed E-state index contributed by atoms with van der Waals surface area (Å²) in [6, 6.07) is 7.31. The Morgan fingerprint density at radius 3 is 2.50 bits per heavy atom. The molecule has 0 aromatic heterocycles. The van der Waals surface area contributed by atoms with Crippen LogP contribution in [-0.2, 0) is 4.79 Å². The lowest BCUT2D eigenvalue weighted by Crippen LogP contribution is -2.33. The van der Waals surface area contributed by atoms with Crippen LogP contribution >= 0.6 is 15.9 Å². The minimum Gasteiger partial charge on any atom is -0.481 e. The highest BCUT2D eigenvalue weighted by molar-refractivity contribution is 9.10. The largest absolute Gasteiger partial charge is 0.481 e. The summed E-state index contributed by atoms with van der Waals surface area (Å²) < 4.78 is 6.45. The maximum Gasteiger partial charge on any atom is 0.280 e. The molecule has 0 saturated carbocycles. The molecule has 1 aromatic carbocycles. The molecular weight excluding hydrogens is 296 g/mol. The van der Waals surface area contributed by atoms with Gasteiger partial charge in [-0.1, -0.05) is 29.8 Å². The van der Waals surface area contributed by atoms with Crippen LogP contribution in [0.15, 0.2) is 33.8 Å². The maximum atomic E-state index is 11.6. The average molecular weight is 313 g/mol. The van der Waals surface area contributed by atoms with Crippen LogP contribution in [0, 0.1) is 5.92 Å². The van der Waals surface area contributed by atoms with E-state index in [0.29, 0.717) is 11.7 Å². The van der Waals surface area contributed by atoms with E-state index in [2.05, 4.69) is 26.5 Å². The van der Waals surface area contributed by atoms with Gasteiger partial charge in [-0.25, -0.2) is 5.43 Å². The van der Waals surface area contributed by atoms with Gasteiger partial charge in [0.1, 0.15) is 5.75 Å². The van der Waals surface area contributed by atoms with E-state index in [4.69, 9.17) is 4.74 Å². The molecule has 0 fully saturated rings. The van der Waals surface area contributed by atoms with Crippen LogP contribution < -0.4 is 10.2 Å². The predicted molar refractivity (Wildman–Crippen MR) is 75.7 cm³/mol. The summed E-state index contributed by atoms with van der Waals surface area (Å²) in [5.74, 6) is 0.677. The molecule has 1 rings (SSSR count). The summed E-state index contributed by atoms with van der Waals surface area (Å²) >= 11 is 3.33. The first kappa shape index (κ1) is 14.7. The first-order chi connectivity index (χ1) is 8.49. The second kappa shape index (κ2) is 7.16. The van der Waals surface area contributed by atoms with Crippen LogP contribution in [0.25, 0.3) is 0 Å². The molecule has 0 saturated heterocycles. The van der Waals surface area contributed by atoms with Crippen molar-refractivity contribution >= 4 is 28.1 Å². The fourth-order valence-electron chi connectivity index (χ4n) is 1.11. The van der Waals surface area contributed by atoms with Gasteiger partial charge < -0.3 is 4.74 Å². The van der Waals surface area contributed by atoms with Gasteiger partial charge in [0.2, 0.25) is 0 Å². The van der Waals surface area contributed by atoms with Gasteiger partial charge in [0.25, 0.3) is 5.91 Å². The van der Waals surface area contributed by atoms with Crippen molar-refractivity contribution in [1.82, 2.24) is 5.43 Å². The molecule has 1 amide bonds. The van der Waals surface area contributed by atoms with Gasteiger partial charge in [-0.05, 0) is 37.1 Å². The van der Waals surface area contributed by atoms with Crippen molar-refractivity contribution in [3.05, 3.63) is 28.7 Å². The molecule has 98 valence electrons. The zero-order valence-corrected chi connectivity index (χ0v) is 12.3. The number of hydrazone groups is 1. The van der Waals surface area contributed by atoms with Gasteiger partial charge in [0.15, 0.2) is 6.10 Å². The highest BCUT2D eigenvalue weighted by Gasteiger charge is 2.13. The van der Waals surface area contributed by atoms with Crippen molar-refractivity contribution in [2.24, 2.45) is 11.0 Å². The van der Waals surface area contributed by atoms with Crippen molar-refractivity contribution < 1.29 is 9.53 Å². The number of rotatable bonds is 5. The molecule has 0 spiro atoms. The molecule has 0 heterocycles. The van der Waals surface area contributed by atoms with Crippen LogP contribution in [0.4, 0.5) is 0 Å². The minimum atomic E-state index is -0.588. The molecule has 1 aromatic rings. The lowest BCUT2D eigenvalue weighted by Gasteiger charge is -2.12. The Morgan fingerprint density at radius 1 is 1.33 bits per heavy atom. The van der Waals surface area contributed by atoms with Gasteiger partial charge in [0, 0.05) is 10.7 Å². The fraction of sp³-hybridized carbons (Fsp3) is 0.385. The normalized spacial score (nSPS) is 12.7. The van der Waals surface area contributed by atoms with Crippen LogP contribution in [0.3, 0.4) is 0 Å². The van der Waals surface area contributed by atoms with E-state index in [0.717, 1.165) is 4.47 Å². The van der Waals surface area contributed by atoms with Crippen molar-refractivity contribution in [1.29, 1.82) is 0 Å². The predicted octanol–water partition coefficient (Wildman–Crippen LogP) is 2.97. The Kier molecular flexibility index (Phi) is 5.85. The molecule has 5 heteroatoms. The van der Waals surface area contributed by atoms with E-state index >= 15 is 0 Å². The van der Waals surface area contributed by atoms with E-state index in [1.54, 1.807) is 25.3 Å². The number of halogens is 1. The number of nitrogens with zero attached hydrogens (tertiary/aromatic N) is 1. The van der Waals surface area contributed by atoms with Gasteiger partial charge in [-0.3, -0.25) is 4.79 Å². The molecule has 1 unspecified atom stereocenters. The molecule has 4 nitrogen and oxygen atoms in total. The summed E-state index contributed by atoms with van der Waals surface area (Å²) in [5.41, 5.74) is 2.44. The first-order valence-electron chi connectivity index (χ1n) is 5.74. The standard InChI is InChI=1S/C13H17BrN2O2/c1-9(2)8-15-16-13(17)10(3)18-12-6-4-11(14)5-7-12/h4-10H,1-3H3,(H,16,17)/b15-8+. The number of hydrogen-bond acceptors (Lipinski definition) is 3. The Balaban J connectivity index is 2.47. The summed E-state index contributed by atoms with van der Waals surface area (Å²) in [4.78, 5) is 11.6. The summed E-state index contributed by atoms with van der Waals surface area (Å²) in [5, 5.41) is 3.84. The number of amides is 1. The third kappa shape index (κ3) is 5.31. The van der Waals surface area contributed by atoms with Gasteiger partial charge >= 0.3 is 0 Å². The molecule has 0 aliphatic rings. The number of ether oxygens (including phenoxy) is 1. The average Bonchev–Trinajstić information content (AvgIpc) is 2.31. The Bertz CT molecular complexity index is 416. The third-order valence-electron chi connectivity index (χ3n) is 2.04. The highest BCUT2D eigenvalue weighted by atomic mass is 79.9. The van der Waals surface area contributed by atoms with Crippen molar-refractivity contribution in [2.45, 2.75) is 26.9 Å². The van der Waals surface area contributed by atoms with Crippen LogP contribution in [0.5, 0.6) is 5.75 Å². The number of nitrogens with one attached hydrogen (secondary N) is 1. The molecule has 18 heavy (non-hydrogen) atoms. The Morgan fingerprint density at radius 2 is 1.94 bits per heavy atom. The third-order valence-corrected chi connectivity index (χ3v) is 2.57. The van der Waals surface area contributed by atoms with Crippen molar-refractivity contribution in [3.8, 4) is 5.75 Å². The molecule has 1 N–H and O–H groups in total. The topological polar surface area (TPSA) is 50.7 Å². The minimum absolute atomic E-state index is 0.269. The van der Waals surface area contributed by atoms with Gasteiger partial charge in [0.05, 0.1) is 0 Å². The zero-order chi connectivity index (χ0) is 13.5. The Hall–Kier alpha value is -1.36. The van der Waals surface area contributed by atoms with Gasteiger partial charge in [-0.2, -0.15) is 5.10 Å². The summed E-state index contributed by atoms with van der Waals surface area (Å²) in [7, 11) is 0. The van der Waals surface area contributed by atoms with E-state index in [1.807, 2.05) is 26.0 Å². The molecule has 0 bridgehead atoms. The second-order valence-electron chi connectivity index (χ2n) is 4.21. The first-order valence-corrected chi connectivity index (χ1v) is 6.53. The number of carbonyl (C=O) groups is 1. The maximum absolute atomic E-state index is 11.6. The molecule has 0 aliphatic carbocycles. The Labute approximate surface area is 116 Å². The number of carbonyl (C=O) groups excluding carboxylic acids is 1. The fourth-order valence-corrected chi connectivity index (χ4v) is 1.38. The van der Waals surface area contributed by atoms with E-state index < -0.39 is 6.10 Å². The smallest absolute Gasteiger partial charge is 0.280 e.